The summed E-state index contributed by atoms with van der Waals surface area (Å²) in [6.07, 6.45) is -2.40. The van der Waals surface area contributed by atoms with Crippen molar-refractivity contribution in [3.05, 3.63) is 63.4 Å². The molecule has 0 atom stereocenters. The van der Waals surface area contributed by atoms with Crippen molar-refractivity contribution in [1.82, 2.24) is 15.1 Å². The third-order valence-electron chi connectivity index (χ3n) is 6.37. The Bertz CT molecular complexity index is 1380. The van der Waals surface area contributed by atoms with Crippen molar-refractivity contribution < 1.29 is 27.4 Å². The minimum absolute atomic E-state index is 0.159. The lowest BCUT2D eigenvalue weighted by molar-refractivity contribution is -0.137. The molecule has 0 saturated carbocycles. The van der Waals surface area contributed by atoms with E-state index in [9.17, 15) is 22.8 Å². The van der Waals surface area contributed by atoms with E-state index < -0.39 is 17.3 Å². The van der Waals surface area contributed by atoms with Crippen LogP contribution in [0.25, 0.3) is 16.9 Å². The molecule has 38 heavy (non-hydrogen) atoms. The normalized spacial score (nSPS) is 12.7. The molecule has 1 aliphatic rings. The van der Waals surface area contributed by atoms with E-state index in [2.05, 4.69) is 15.7 Å². The van der Waals surface area contributed by atoms with Gasteiger partial charge in [-0.15, -0.1) is 0 Å². The number of nitrogens with zero attached hydrogens (tertiary/aromatic N) is 2. The molecule has 2 aromatic carbocycles. The Kier molecular flexibility index (Phi) is 7.94. The lowest BCUT2D eigenvalue weighted by atomic mass is 10.0. The first kappa shape index (κ1) is 27.0. The van der Waals surface area contributed by atoms with Gasteiger partial charge in [0.2, 0.25) is 5.91 Å². The SMILES string of the molecule is COc1cc(OC)cc(-c2nn(-c3cc(NCCCNC(C)=O)ccc3C(F)(F)F)c(=O)c3c2CCC3)c1. The summed E-state index contributed by atoms with van der Waals surface area (Å²) in [4.78, 5) is 24.5. The summed E-state index contributed by atoms with van der Waals surface area (Å²) in [7, 11) is 3.00. The number of anilines is 1. The van der Waals surface area contributed by atoms with Crippen molar-refractivity contribution in [1.29, 1.82) is 0 Å². The Labute approximate surface area is 217 Å². The topological polar surface area (TPSA) is 94.5 Å². The molecule has 0 bridgehead atoms. The van der Waals surface area contributed by atoms with Gasteiger partial charge in [-0.2, -0.15) is 23.0 Å². The fourth-order valence-corrected chi connectivity index (χ4v) is 4.56. The zero-order valence-corrected chi connectivity index (χ0v) is 21.4. The number of hydrogen-bond acceptors (Lipinski definition) is 6. The zero-order valence-electron chi connectivity index (χ0n) is 21.4. The molecule has 1 amide bonds. The molecule has 8 nitrogen and oxygen atoms in total. The molecule has 11 heteroatoms. The van der Waals surface area contributed by atoms with Crippen LogP contribution in [0.4, 0.5) is 18.9 Å². The third-order valence-corrected chi connectivity index (χ3v) is 6.37. The Morgan fingerprint density at radius 1 is 1.03 bits per heavy atom. The van der Waals surface area contributed by atoms with Crippen LogP contribution in [0.3, 0.4) is 0 Å². The van der Waals surface area contributed by atoms with E-state index in [-0.39, 0.29) is 11.6 Å². The number of halogens is 3. The first-order valence-electron chi connectivity index (χ1n) is 12.2. The summed E-state index contributed by atoms with van der Waals surface area (Å²) in [5.74, 6) is 0.826. The highest BCUT2D eigenvalue weighted by atomic mass is 19.4. The van der Waals surface area contributed by atoms with Crippen molar-refractivity contribution in [3.8, 4) is 28.4 Å². The molecule has 4 rings (SSSR count). The van der Waals surface area contributed by atoms with Crippen LogP contribution in [0, 0.1) is 0 Å². The second-order valence-electron chi connectivity index (χ2n) is 8.97. The number of methoxy groups -OCH3 is 2. The largest absolute Gasteiger partial charge is 0.497 e. The molecule has 0 fully saturated rings. The lowest BCUT2D eigenvalue weighted by Crippen LogP contribution is -2.28. The number of rotatable bonds is 9. The average Bonchev–Trinajstić information content (AvgIpc) is 3.38. The predicted molar refractivity (Wildman–Crippen MR) is 137 cm³/mol. The van der Waals surface area contributed by atoms with Gasteiger partial charge in [-0.25, -0.2) is 0 Å². The summed E-state index contributed by atoms with van der Waals surface area (Å²) in [5.41, 5.74) is 0.674. The van der Waals surface area contributed by atoms with E-state index in [1.54, 1.807) is 18.2 Å². The van der Waals surface area contributed by atoms with Crippen LogP contribution in [0.5, 0.6) is 11.5 Å². The van der Waals surface area contributed by atoms with E-state index in [0.29, 0.717) is 72.8 Å². The van der Waals surface area contributed by atoms with E-state index in [1.807, 2.05) is 0 Å². The number of nitrogens with one attached hydrogen (secondary N) is 2. The van der Waals surface area contributed by atoms with Crippen LogP contribution >= 0.6 is 0 Å². The molecule has 1 heterocycles. The van der Waals surface area contributed by atoms with E-state index in [0.717, 1.165) is 16.3 Å². The van der Waals surface area contributed by atoms with Gasteiger partial charge in [-0.05, 0) is 61.6 Å². The number of amides is 1. The molecule has 0 spiro atoms. The predicted octanol–water partition coefficient (Wildman–Crippen LogP) is 4.36. The maximum absolute atomic E-state index is 14.1. The quantitative estimate of drug-likeness (QED) is 0.400. The summed E-state index contributed by atoms with van der Waals surface area (Å²) < 4.78 is 53.8. The molecular weight excluding hydrogens is 501 g/mol. The average molecular weight is 531 g/mol. The van der Waals surface area contributed by atoms with Crippen LogP contribution in [-0.4, -0.2) is 43.0 Å². The molecular formula is C27H29F3N4O4. The number of benzene rings is 2. The van der Waals surface area contributed by atoms with Gasteiger partial charge < -0.3 is 20.1 Å². The van der Waals surface area contributed by atoms with E-state index in [4.69, 9.17) is 9.47 Å². The van der Waals surface area contributed by atoms with Gasteiger partial charge in [0, 0.05) is 42.9 Å². The zero-order chi connectivity index (χ0) is 27.4. The monoisotopic (exact) mass is 530 g/mol. The number of alkyl halides is 3. The molecule has 0 aliphatic heterocycles. The van der Waals surface area contributed by atoms with Gasteiger partial charge in [0.05, 0.1) is 31.2 Å². The van der Waals surface area contributed by atoms with Crippen molar-refractivity contribution in [3.63, 3.8) is 0 Å². The Morgan fingerprint density at radius 2 is 1.71 bits per heavy atom. The summed E-state index contributed by atoms with van der Waals surface area (Å²) in [6.45, 7) is 2.24. The van der Waals surface area contributed by atoms with Crippen molar-refractivity contribution >= 4 is 11.6 Å². The maximum atomic E-state index is 14.1. The van der Waals surface area contributed by atoms with Crippen molar-refractivity contribution in [2.24, 2.45) is 0 Å². The van der Waals surface area contributed by atoms with Crippen LogP contribution in [0.2, 0.25) is 0 Å². The number of carbonyl (C=O) groups is 1. The lowest BCUT2D eigenvalue weighted by Gasteiger charge is -2.19. The maximum Gasteiger partial charge on any atom is 0.418 e. The van der Waals surface area contributed by atoms with Gasteiger partial charge in [-0.1, -0.05) is 0 Å². The molecule has 0 saturated heterocycles. The number of ether oxygens (including phenoxy) is 2. The van der Waals surface area contributed by atoms with E-state index in [1.165, 1.54) is 33.3 Å². The van der Waals surface area contributed by atoms with Crippen LogP contribution < -0.4 is 25.7 Å². The summed E-state index contributed by atoms with van der Waals surface area (Å²) >= 11 is 0. The van der Waals surface area contributed by atoms with Gasteiger partial charge in [0.15, 0.2) is 0 Å². The highest BCUT2D eigenvalue weighted by Crippen LogP contribution is 2.37. The molecule has 202 valence electrons. The molecule has 0 unspecified atom stereocenters. The second-order valence-corrected chi connectivity index (χ2v) is 8.97. The number of carbonyl (C=O) groups excluding carboxylic acids is 1. The molecule has 1 aliphatic carbocycles. The highest BCUT2D eigenvalue weighted by Gasteiger charge is 2.35. The number of fused-ring (bicyclic) bond motifs is 1. The fourth-order valence-electron chi connectivity index (χ4n) is 4.56. The van der Waals surface area contributed by atoms with Gasteiger partial charge in [-0.3, -0.25) is 9.59 Å². The van der Waals surface area contributed by atoms with Gasteiger partial charge >= 0.3 is 6.18 Å². The van der Waals surface area contributed by atoms with Crippen LogP contribution in [-0.2, 0) is 23.8 Å². The number of hydrogen-bond donors (Lipinski definition) is 2. The smallest absolute Gasteiger partial charge is 0.418 e. The van der Waals surface area contributed by atoms with Gasteiger partial charge in [0.25, 0.3) is 5.56 Å². The second kappa shape index (κ2) is 11.2. The Hall–Kier alpha value is -4.02. The Morgan fingerprint density at radius 3 is 2.34 bits per heavy atom. The van der Waals surface area contributed by atoms with Crippen molar-refractivity contribution in [2.45, 2.75) is 38.8 Å². The van der Waals surface area contributed by atoms with Gasteiger partial charge in [0.1, 0.15) is 11.5 Å². The first-order chi connectivity index (χ1) is 18.1. The standard InChI is InChI=1S/C27H29F3N4O4/c1-16(35)31-10-5-11-32-18-8-9-23(27(28,29)30)24(14-18)34-26(36)22-7-4-6-21(22)25(33-34)17-12-19(37-2)15-20(13-17)38-3/h8-9,12-15,32H,4-7,10-11H2,1-3H3,(H,31,35). The first-order valence-corrected chi connectivity index (χ1v) is 12.2. The minimum atomic E-state index is -4.71. The van der Waals surface area contributed by atoms with Crippen LogP contribution in [0.1, 0.15) is 36.5 Å². The van der Waals surface area contributed by atoms with Crippen LogP contribution in [0.15, 0.2) is 41.2 Å². The highest BCUT2D eigenvalue weighted by molar-refractivity contribution is 5.72. The summed E-state index contributed by atoms with van der Waals surface area (Å²) in [6, 6.07) is 8.67. The number of aromatic nitrogens is 2. The molecule has 2 N–H and O–H groups in total. The third kappa shape index (κ3) is 5.76. The molecule has 3 aromatic rings. The minimum Gasteiger partial charge on any atom is -0.497 e. The van der Waals surface area contributed by atoms with E-state index >= 15 is 0 Å². The Balaban J connectivity index is 1.83. The summed E-state index contributed by atoms with van der Waals surface area (Å²) in [5, 5.41) is 10.2. The molecule has 0 radical (unpaired) electrons. The van der Waals surface area contributed by atoms with Crippen molar-refractivity contribution in [2.75, 3.05) is 32.6 Å². The molecule has 1 aromatic heterocycles. The fraction of sp³-hybridized carbons (Fsp3) is 0.370.